The van der Waals surface area contributed by atoms with Crippen molar-refractivity contribution in [3.63, 3.8) is 0 Å². The number of nitrogens with zero attached hydrogens (tertiary/aromatic N) is 5. The van der Waals surface area contributed by atoms with Crippen LogP contribution in [0.15, 0.2) is 67.1 Å². The van der Waals surface area contributed by atoms with Crippen LogP contribution in [-0.2, 0) is 4.79 Å². The van der Waals surface area contributed by atoms with E-state index in [0.29, 0.717) is 30.0 Å². The molecule has 0 saturated heterocycles. The summed E-state index contributed by atoms with van der Waals surface area (Å²) in [7, 11) is 0. The zero-order valence-corrected chi connectivity index (χ0v) is 23.5. The lowest BCUT2D eigenvalue weighted by Crippen LogP contribution is -2.61. The van der Waals surface area contributed by atoms with Gasteiger partial charge in [0.05, 0.1) is 41.2 Å². The summed E-state index contributed by atoms with van der Waals surface area (Å²) >= 11 is 0. The second kappa shape index (κ2) is 10.6. The van der Waals surface area contributed by atoms with Crippen LogP contribution in [0.2, 0.25) is 0 Å². The highest BCUT2D eigenvalue weighted by molar-refractivity contribution is 6.05. The third-order valence-electron chi connectivity index (χ3n) is 8.80. The second-order valence-corrected chi connectivity index (χ2v) is 11.5. The van der Waals surface area contributed by atoms with Crippen LogP contribution in [0.5, 0.6) is 0 Å². The molecule has 5 aromatic rings. The molecule has 2 aliphatic rings. The van der Waals surface area contributed by atoms with E-state index in [4.69, 9.17) is 5.10 Å². The van der Waals surface area contributed by atoms with Gasteiger partial charge in [0.2, 0.25) is 5.91 Å². The van der Waals surface area contributed by atoms with Gasteiger partial charge >= 0.3 is 5.97 Å². The highest BCUT2D eigenvalue weighted by atomic mass is 16.4. The number of para-hydroxylation sites is 1. The van der Waals surface area contributed by atoms with Gasteiger partial charge in [-0.3, -0.25) is 9.59 Å². The average Bonchev–Trinajstić information content (AvgIpc) is 3.61. The van der Waals surface area contributed by atoms with Gasteiger partial charge in [-0.15, -0.1) is 0 Å². The number of rotatable bonds is 7. The second-order valence-electron chi connectivity index (χ2n) is 11.5. The molecule has 7 rings (SSSR count). The van der Waals surface area contributed by atoms with E-state index in [1.807, 2.05) is 41.1 Å². The van der Waals surface area contributed by atoms with Gasteiger partial charge in [0, 0.05) is 16.9 Å². The fourth-order valence-electron chi connectivity index (χ4n) is 6.35. The highest BCUT2D eigenvalue weighted by Gasteiger charge is 2.45. The van der Waals surface area contributed by atoms with Crippen LogP contribution in [0.1, 0.15) is 83.7 Å². The normalized spacial score (nSPS) is 16.6. The number of hydrogen-bond acceptors (Lipinski definition) is 6. The lowest BCUT2D eigenvalue weighted by molar-refractivity contribution is -0.125. The van der Waals surface area contributed by atoms with Gasteiger partial charge in [-0.05, 0) is 56.4 Å². The number of carbonyl (C=O) groups is 3. The molecule has 218 valence electrons. The molecule has 2 aromatic carbocycles. The Balaban J connectivity index is 1.14. The van der Waals surface area contributed by atoms with Crippen molar-refractivity contribution in [2.75, 3.05) is 5.32 Å². The van der Waals surface area contributed by atoms with E-state index >= 15 is 0 Å². The first kappa shape index (κ1) is 26.8. The number of carboxylic acid groups (broad SMARTS) is 1. The van der Waals surface area contributed by atoms with E-state index < -0.39 is 11.5 Å². The van der Waals surface area contributed by atoms with Crippen molar-refractivity contribution in [1.29, 1.82) is 0 Å². The zero-order valence-electron chi connectivity index (χ0n) is 23.5. The fourth-order valence-corrected chi connectivity index (χ4v) is 6.35. The molecule has 0 spiro atoms. The molecule has 0 atom stereocenters. The van der Waals surface area contributed by atoms with Crippen molar-refractivity contribution in [1.82, 2.24) is 29.7 Å². The van der Waals surface area contributed by atoms with Gasteiger partial charge in [0.15, 0.2) is 5.65 Å². The Labute approximate surface area is 246 Å². The van der Waals surface area contributed by atoms with Gasteiger partial charge in [0.25, 0.3) is 5.91 Å². The molecular formula is C32H31N7O4. The largest absolute Gasteiger partial charge is 0.477 e. The molecule has 2 amide bonds. The summed E-state index contributed by atoms with van der Waals surface area (Å²) in [6.45, 7) is 0. The Kier molecular flexibility index (Phi) is 6.64. The maximum atomic E-state index is 13.6. The van der Waals surface area contributed by atoms with Crippen molar-refractivity contribution >= 4 is 40.0 Å². The molecule has 43 heavy (non-hydrogen) atoms. The van der Waals surface area contributed by atoms with E-state index in [2.05, 4.69) is 32.8 Å². The molecule has 11 heteroatoms. The monoisotopic (exact) mass is 577 g/mol. The highest BCUT2D eigenvalue weighted by Crippen LogP contribution is 2.38. The van der Waals surface area contributed by atoms with Gasteiger partial charge in [-0.1, -0.05) is 43.5 Å². The third-order valence-corrected chi connectivity index (χ3v) is 8.80. The van der Waals surface area contributed by atoms with Gasteiger partial charge in [-0.2, -0.15) is 10.2 Å². The van der Waals surface area contributed by atoms with Gasteiger partial charge < -0.3 is 15.7 Å². The number of benzene rings is 2. The van der Waals surface area contributed by atoms with E-state index in [9.17, 15) is 19.5 Å². The Morgan fingerprint density at radius 3 is 2.47 bits per heavy atom. The van der Waals surface area contributed by atoms with Crippen LogP contribution in [0, 0.1) is 0 Å². The SMILES string of the molecule is O=C(NC1(C(=O)Nc2cnc3c(C(=O)O)cnn3c2)CCC1)c1ccc2c(C3CCCCC3)n(-c3ccccc3)nc2c1. The quantitative estimate of drug-likeness (QED) is 0.244. The van der Waals surface area contributed by atoms with E-state index in [0.717, 1.165) is 35.9 Å². The summed E-state index contributed by atoms with van der Waals surface area (Å²) < 4.78 is 3.34. The maximum Gasteiger partial charge on any atom is 0.341 e. The topological polar surface area (TPSA) is 144 Å². The fraction of sp³-hybridized carbons (Fsp3) is 0.312. The van der Waals surface area contributed by atoms with Crippen molar-refractivity contribution in [3.05, 3.63) is 83.9 Å². The van der Waals surface area contributed by atoms with Crippen LogP contribution < -0.4 is 10.6 Å². The van der Waals surface area contributed by atoms with Crippen LogP contribution in [-0.4, -0.2) is 52.8 Å². The van der Waals surface area contributed by atoms with Crippen molar-refractivity contribution in [2.24, 2.45) is 0 Å². The van der Waals surface area contributed by atoms with Crippen molar-refractivity contribution < 1.29 is 19.5 Å². The number of amides is 2. The average molecular weight is 578 g/mol. The maximum absolute atomic E-state index is 13.6. The summed E-state index contributed by atoms with van der Waals surface area (Å²) in [6, 6.07) is 15.7. The minimum absolute atomic E-state index is 0.0305. The standard InChI is InChI=1S/C32H31N7O4/c40-29(36-32(14-7-15-32)31(43)35-22-17-33-28-25(30(41)42)18-34-38(28)19-22)21-12-13-24-26(16-21)37-39(23-10-5-2-6-11-23)27(24)20-8-3-1-4-9-20/h2,5-6,10-13,16-20H,1,3-4,7-9,14-15H2,(H,35,43)(H,36,40)(H,41,42). The van der Waals surface area contributed by atoms with Crippen LogP contribution >= 0.6 is 0 Å². The molecule has 0 aliphatic heterocycles. The molecule has 0 radical (unpaired) electrons. The summed E-state index contributed by atoms with van der Waals surface area (Å²) in [5, 5.41) is 25.1. The Morgan fingerprint density at radius 1 is 0.953 bits per heavy atom. The van der Waals surface area contributed by atoms with E-state index in [-0.39, 0.29) is 23.0 Å². The molecule has 2 aliphatic carbocycles. The summed E-state index contributed by atoms with van der Waals surface area (Å²) in [4.78, 5) is 42.5. The molecule has 2 fully saturated rings. The summed E-state index contributed by atoms with van der Waals surface area (Å²) in [5.74, 6) is -1.41. The lowest BCUT2D eigenvalue weighted by Gasteiger charge is -2.40. The first-order chi connectivity index (χ1) is 20.9. The molecule has 0 bridgehead atoms. The molecule has 11 nitrogen and oxygen atoms in total. The molecular weight excluding hydrogens is 546 g/mol. The number of carboxylic acids is 1. The molecule has 0 unspecified atom stereocenters. The number of aromatic carboxylic acids is 1. The van der Waals surface area contributed by atoms with Crippen molar-refractivity contribution in [2.45, 2.75) is 62.8 Å². The number of aromatic nitrogens is 5. The van der Waals surface area contributed by atoms with Crippen LogP contribution in [0.25, 0.3) is 22.2 Å². The number of nitrogens with one attached hydrogen (secondary N) is 2. The predicted octanol–water partition coefficient (Wildman–Crippen LogP) is 5.11. The lowest BCUT2D eigenvalue weighted by atomic mass is 9.75. The Morgan fingerprint density at radius 2 is 1.74 bits per heavy atom. The number of hydrogen-bond donors (Lipinski definition) is 3. The minimum Gasteiger partial charge on any atom is -0.477 e. The van der Waals surface area contributed by atoms with Crippen LogP contribution in [0.4, 0.5) is 5.69 Å². The smallest absolute Gasteiger partial charge is 0.341 e. The Bertz CT molecular complexity index is 1870. The summed E-state index contributed by atoms with van der Waals surface area (Å²) in [5.41, 5.74) is 2.82. The van der Waals surface area contributed by atoms with Gasteiger partial charge in [-0.25, -0.2) is 19.0 Å². The number of anilines is 1. The Hall–Kier alpha value is -5.06. The molecule has 3 heterocycles. The number of fused-ring (bicyclic) bond motifs is 2. The van der Waals surface area contributed by atoms with E-state index in [1.165, 1.54) is 48.1 Å². The van der Waals surface area contributed by atoms with Gasteiger partial charge in [0.1, 0.15) is 11.1 Å². The number of carbonyl (C=O) groups excluding carboxylic acids is 2. The summed E-state index contributed by atoms with van der Waals surface area (Å²) in [6.07, 6.45) is 11.8. The minimum atomic E-state index is -1.13. The predicted molar refractivity (Wildman–Crippen MR) is 160 cm³/mol. The first-order valence-electron chi connectivity index (χ1n) is 14.7. The van der Waals surface area contributed by atoms with Crippen molar-refractivity contribution in [3.8, 4) is 5.69 Å². The van der Waals surface area contributed by atoms with E-state index in [1.54, 1.807) is 0 Å². The first-order valence-corrected chi connectivity index (χ1v) is 14.7. The molecule has 2 saturated carbocycles. The third kappa shape index (κ3) is 4.80. The molecule has 3 N–H and O–H groups in total. The molecule has 3 aromatic heterocycles. The zero-order chi connectivity index (χ0) is 29.6. The van der Waals surface area contributed by atoms with Crippen LogP contribution in [0.3, 0.4) is 0 Å².